The molecule has 0 amide bonds. The molecule has 0 aromatic heterocycles. The third kappa shape index (κ3) is 3.67. The lowest BCUT2D eigenvalue weighted by Crippen LogP contribution is -2.00. The van der Waals surface area contributed by atoms with Gasteiger partial charge >= 0.3 is 0 Å². The number of hydrogen-bond donors (Lipinski definition) is 0. The van der Waals surface area contributed by atoms with Crippen LogP contribution in [0.2, 0.25) is 0 Å². The van der Waals surface area contributed by atoms with Gasteiger partial charge in [-0.1, -0.05) is 42.0 Å². The smallest absolute Gasteiger partial charge is 0.232 e. The number of ketones is 1. The van der Waals surface area contributed by atoms with E-state index in [1.54, 1.807) is 30.3 Å². The summed E-state index contributed by atoms with van der Waals surface area (Å²) >= 11 is 0. The summed E-state index contributed by atoms with van der Waals surface area (Å²) in [4.78, 5) is 12.7. The lowest BCUT2D eigenvalue weighted by Gasteiger charge is -2.09. The molecule has 0 saturated heterocycles. The second-order valence-corrected chi connectivity index (χ2v) is 6.88. The van der Waals surface area contributed by atoms with Gasteiger partial charge in [-0.3, -0.25) is 4.79 Å². The van der Waals surface area contributed by atoms with Crippen LogP contribution in [0.5, 0.6) is 11.5 Å². The van der Waals surface area contributed by atoms with Crippen LogP contribution in [0.15, 0.2) is 66.4 Å². The molecule has 0 spiro atoms. The fraction of sp³-hybridized carbons (Fsp3) is 0.125. The topological polar surface area (TPSA) is 35.5 Å². The van der Waals surface area contributed by atoms with Gasteiger partial charge in [-0.2, -0.15) is 0 Å². The Labute approximate surface area is 163 Å². The van der Waals surface area contributed by atoms with Crippen LogP contribution in [0.4, 0.5) is 4.39 Å². The van der Waals surface area contributed by atoms with Crippen molar-refractivity contribution in [1.82, 2.24) is 0 Å². The van der Waals surface area contributed by atoms with Gasteiger partial charge in [0.25, 0.3) is 0 Å². The first-order valence-corrected chi connectivity index (χ1v) is 9.02. The van der Waals surface area contributed by atoms with Crippen molar-refractivity contribution in [1.29, 1.82) is 0 Å². The van der Waals surface area contributed by atoms with Crippen LogP contribution in [0, 0.1) is 19.7 Å². The van der Waals surface area contributed by atoms with Crippen LogP contribution >= 0.6 is 0 Å². The molecule has 28 heavy (non-hydrogen) atoms. The standard InChI is InChI=1S/C24H19FO3/c1-15-6-8-17(9-7-15)12-22-24(26)23-16(2)10-20(13-21(23)28-22)27-14-18-4-3-5-19(25)11-18/h3-13H,14H2,1-2H3/b22-12-. The number of halogens is 1. The van der Waals surface area contributed by atoms with Gasteiger partial charge in [-0.15, -0.1) is 0 Å². The molecule has 0 atom stereocenters. The van der Waals surface area contributed by atoms with Gasteiger partial charge in [0.05, 0.1) is 5.56 Å². The highest BCUT2D eigenvalue weighted by atomic mass is 19.1. The van der Waals surface area contributed by atoms with Crippen LogP contribution in [-0.2, 0) is 6.61 Å². The van der Waals surface area contributed by atoms with Gasteiger partial charge in [0.15, 0.2) is 5.76 Å². The van der Waals surface area contributed by atoms with Crippen molar-refractivity contribution in [3.05, 3.63) is 100 Å². The van der Waals surface area contributed by atoms with Gasteiger partial charge in [0.1, 0.15) is 23.9 Å². The molecule has 0 radical (unpaired) electrons. The van der Waals surface area contributed by atoms with E-state index >= 15 is 0 Å². The van der Waals surface area contributed by atoms with E-state index in [9.17, 15) is 9.18 Å². The second kappa shape index (κ2) is 7.31. The quantitative estimate of drug-likeness (QED) is 0.555. The molecule has 3 aromatic carbocycles. The van der Waals surface area contributed by atoms with Crippen molar-refractivity contribution in [2.24, 2.45) is 0 Å². The lowest BCUT2D eigenvalue weighted by atomic mass is 10.0. The highest BCUT2D eigenvalue weighted by Crippen LogP contribution is 2.37. The molecule has 0 saturated carbocycles. The van der Waals surface area contributed by atoms with E-state index in [1.165, 1.54) is 12.1 Å². The Morgan fingerprint density at radius 1 is 1.04 bits per heavy atom. The average molecular weight is 374 g/mol. The Kier molecular flexibility index (Phi) is 4.70. The molecule has 0 aliphatic carbocycles. The van der Waals surface area contributed by atoms with Crippen molar-refractivity contribution < 1.29 is 18.7 Å². The van der Waals surface area contributed by atoms with E-state index in [-0.39, 0.29) is 18.2 Å². The Bertz CT molecular complexity index is 1080. The fourth-order valence-electron chi connectivity index (χ4n) is 3.17. The number of allylic oxidation sites excluding steroid dienone is 1. The van der Waals surface area contributed by atoms with E-state index < -0.39 is 0 Å². The molecule has 0 fully saturated rings. The third-order valence-corrected chi connectivity index (χ3v) is 4.61. The van der Waals surface area contributed by atoms with E-state index in [2.05, 4.69) is 0 Å². The first-order chi connectivity index (χ1) is 13.5. The normalized spacial score (nSPS) is 14.1. The fourth-order valence-corrected chi connectivity index (χ4v) is 3.17. The molecular weight excluding hydrogens is 355 g/mol. The summed E-state index contributed by atoms with van der Waals surface area (Å²) in [5.41, 5.74) is 4.12. The monoisotopic (exact) mass is 374 g/mol. The van der Waals surface area contributed by atoms with Crippen LogP contribution in [0.25, 0.3) is 6.08 Å². The van der Waals surface area contributed by atoms with Crippen LogP contribution in [0.3, 0.4) is 0 Å². The molecule has 0 unspecified atom stereocenters. The maximum absolute atomic E-state index is 13.3. The number of aryl methyl sites for hydroxylation is 2. The summed E-state index contributed by atoms with van der Waals surface area (Å²) in [6.45, 7) is 4.10. The Balaban J connectivity index is 1.56. The third-order valence-electron chi connectivity index (χ3n) is 4.61. The van der Waals surface area contributed by atoms with Crippen molar-refractivity contribution in [3.8, 4) is 11.5 Å². The minimum absolute atomic E-state index is 0.134. The second-order valence-electron chi connectivity index (χ2n) is 6.88. The van der Waals surface area contributed by atoms with Crippen molar-refractivity contribution in [3.63, 3.8) is 0 Å². The van der Waals surface area contributed by atoms with Crippen molar-refractivity contribution in [2.75, 3.05) is 0 Å². The minimum atomic E-state index is -0.300. The SMILES string of the molecule is Cc1ccc(/C=C2\Oc3cc(OCc4cccc(F)c4)cc(C)c3C2=O)cc1. The molecule has 4 rings (SSSR count). The summed E-state index contributed by atoms with van der Waals surface area (Å²) in [6.07, 6.45) is 1.74. The molecule has 1 aliphatic rings. The molecule has 0 bridgehead atoms. The maximum atomic E-state index is 13.3. The minimum Gasteiger partial charge on any atom is -0.489 e. The Hall–Kier alpha value is -3.40. The zero-order chi connectivity index (χ0) is 19.7. The summed E-state index contributed by atoms with van der Waals surface area (Å²) in [5, 5.41) is 0. The van der Waals surface area contributed by atoms with E-state index in [1.807, 2.05) is 38.1 Å². The highest BCUT2D eigenvalue weighted by molar-refractivity contribution is 6.15. The van der Waals surface area contributed by atoms with Gasteiger partial charge in [-0.25, -0.2) is 4.39 Å². The maximum Gasteiger partial charge on any atom is 0.232 e. The first kappa shape index (κ1) is 18.0. The Morgan fingerprint density at radius 2 is 1.82 bits per heavy atom. The van der Waals surface area contributed by atoms with E-state index in [4.69, 9.17) is 9.47 Å². The number of Topliss-reactive ketones (excluding diaryl/α,β-unsaturated/α-hetero) is 1. The predicted molar refractivity (Wildman–Crippen MR) is 106 cm³/mol. The largest absolute Gasteiger partial charge is 0.489 e. The zero-order valence-electron chi connectivity index (χ0n) is 15.7. The number of carbonyl (C=O) groups excluding carboxylic acids is 1. The number of ether oxygens (including phenoxy) is 2. The number of hydrogen-bond acceptors (Lipinski definition) is 3. The molecule has 0 N–H and O–H groups in total. The summed E-state index contributed by atoms with van der Waals surface area (Å²) in [7, 11) is 0. The molecule has 3 nitrogen and oxygen atoms in total. The van der Waals surface area contributed by atoms with Crippen LogP contribution in [0.1, 0.15) is 32.6 Å². The summed E-state index contributed by atoms with van der Waals surface area (Å²) in [6, 6.07) is 17.6. The number of fused-ring (bicyclic) bond motifs is 1. The number of benzene rings is 3. The molecule has 1 aliphatic heterocycles. The first-order valence-electron chi connectivity index (χ1n) is 9.02. The summed E-state index contributed by atoms with van der Waals surface area (Å²) < 4.78 is 24.9. The highest BCUT2D eigenvalue weighted by Gasteiger charge is 2.30. The number of carbonyl (C=O) groups is 1. The number of rotatable bonds is 4. The lowest BCUT2D eigenvalue weighted by molar-refractivity contribution is 0.101. The van der Waals surface area contributed by atoms with Gasteiger partial charge in [0.2, 0.25) is 5.78 Å². The van der Waals surface area contributed by atoms with Crippen molar-refractivity contribution in [2.45, 2.75) is 20.5 Å². The molecular formula is C24H19FO3. The zero-order valence-corrected chi connectivity index (χ0v) is 15.7. The Morgan fingerprint density at radius 3 is 2.57 bits per heavy atom. The average Bonchev–Trinajstić information content (AvgIpc) is 2.98. The molecule has 140 valence electrons. The van der Waals surface area contributed by atoms with Gasteiger partial charge < -0.3 is 9.47 Å². The molecule has 1 heterocycles. The van der Waals surface area contributed by atoms with Gasteiger partial charge in [-0.05, 0) is 54.8 Å². The summed E-state index contributed by atoms with van der Waals surface area (Å²) in [5.74, 6) is 0.919. The van der Waals surface area contributed by atoms with E-state index in [0.29, 0.717) is 22.8 Å². The van der Waals surface area contributed by atoms with E-state index in [0.717, 1.165) is 22.3 Å². The van der Waals surface area contributed by atoms with Crippen molar-refractivity contribution >= 4 is 11.9 Å². The predicted octanol–water partition coefficient (Wildman–Crippen LogP) is 5.64. The van der Waals surface area contributed by atoms with Crippen LogP contribution in [-0.4, -0.2) is 5.78 Å². The van der Waals surface area contributed by atoms with Gasteiger partial charge in [0, 0.05) is 6.07 Å². The molecule has 4 heteroatoms. The van der Waals surface area contributed by atoms with Crippen LogP contribution < -0.4 is 9.47 Å². The molecule has 3 aromatic rings.